The SMILES string of the molecule is Cc1cc(C(=O)C[C@@H](c2ccc(C(F)(F)F)cc2)c2ncccc2F)ccn1. The van der Waals surface area contributed by atoms with E-state index in [0.29, 0.717) is 16.8 Å². The predicted octanol–water partition coefficient (Wildman–Crippen LogP) is 5.35. The molecule has 0 radical (unpaired) electrons. The van der Waals surface area contributed by atoms with E-state index in [4.69, 9.17) is 0 Å². The lowest BCUT2D eigenvalue weighted by molar-refractivity contribution is -0.137. The molecule has 0 aliphatic heterocycles. The summed E-state index contributed by atoms with van der Waals surface area (Å²) in [6.07, 6.45) is -1.73. The van der Waals surface area contributed by atoms with Gasteiger partial charge in [0.25, 0.3) is 0 Å². The summed E-state index contributed by atoms with van der Waals surface area (Å²) in [7, 11) is 0. The largest absolute Gasteiger partial charge is 0.416 e. The zero-order valence-corrected chi connectivity index (χ0v) is 14.9. The van der Waals surface area contributed by atoms with Gasteiger partial charge in [0.2, 0.25) is 0 Å². The molecule has 7 heteroatoms. The molecule has 3 rings (SSSR count). The number of ketones is 1. The Morgan fingerprint density at radius 2 is 1.75 bits per heavy atom. The van der Waals surface area contributed by atoms with Gasteiger partial charge < -0.3 is 0 Å². The average molecular weight is 388 g/mol. The predicted molar refractivity (Wildman–Crippen MR) is 95.4 cm³/mol. The number of pyridine rings is 2. The van der Waals surface area contributed by atoms with Gasteiger partial charge in [-0.1, -0.05) is 12.1 Å². The molecular formula is C21H16F4N2O. The molecule has 0 saturated heterocycles. The van der Waals surface area contributed by atoms with Crippen LogP contribution in [0.25, 0.3) is 0 Å². The third kappa shape index (κ3) is 4.42. The van der Waals surface area contributed by atoms with Crippen molar-refractivity contribution in [3.05, 3.63) is 94.8 Å². The number of aromatic nitrogens is 2. The number of carbonyl (C=O) groups is 1. The van der Waals surface area contributed by atoms with Crippen LogP contribution in [0, 0.1) is 12.7 Å². The molecule has 0 aliphatic rings. The number of rotatable bonds is 5. The summed E-state index contributed by atoms with van der Waals surface area (Å²) in [5, 5.41) is 0. The molecule has 0 fully saturated rings. The number of hydrogen-bond donors (Lipinski definition) is 0. The molecule has 1 aromatic carbocycles. The molecule has 0 unspecified atom stereocenters. The molecule has 0 spiro atoms. The summed E-state index contributed by atoms with van der Waals surface area (Å²) in [5.74, 6) is -1.71. The van der Waals surface area contributed by atoms with Gasteiger partial charge in [-0.2, -0.15) is 13.2 Å². The van der Waals surface area contributed by atoms with E-state index in [1.165, 1.54) is 36.7 Å². The molecular weight excluding hydrogens is 372 g/mol. The molecule has 1 atom stereocenters. The van der Waals surface area contributed by atoms with Crippen LogP contribution in [0.1, 0.15) is 45.2 Å². The monoisotopic (exact) mass is 388 g/mol. The van der Waals surface area contributed by atoms with Crippen LogP contribution in [0.5, 0.6) is 0 Å². The lowest BCUT2D eigenvalue weighted by Gasteiger charge is -2.18. The van der Waals surface area contributed by atoms with Crippen LogP contribution in [-0.2, 0) is 6.18 Å². The van der Waals surface area contributed by atoms with Crippen LogP contribution in [0.4, 0.5) is 17.6 Å². The summed E-state index contributed by atoms with van der Waals surface area (Å²) in [4.78, 5) is 20.8. The highest BCUT2D eigenvalue weighted by Gasteiger charge is 2.31. The molecule has 0 bridgehead atoms. The standard InChI is InChI=1S/C21H16F4N2O/c1-13-11-15(8-10-26-13)19(28)12-17(20-18(22)3-2-9-27-20)14-4-6-16(7-5-14)21(23,24)25/h2-11,17H,12H2,1H3/t17-/m0/s1. The first-order chi connectivity index (χ1) is 13.3. The van der Waals surface area contributed by atoms with E-state index in [2.05, 4.69) is 9.97 Å². The highest BCUT2D eigenvalue weighted by atomic mass is 19.4. The van der Waals surface area contributed by atoms with Crippen molar-refractivity contribution in [1.29, 1.82) is 0 Å². The van der Waals surface area contributed by atoms with Crippen LogP contribution in [-0.4, -0.2) is 15.8 Å². The minimum atomic E-state index is -4.48. The summed E-state index contributed by atoms with van der Waals surface area (Å²) in [5.41, 5.74) is 0.639. The van der Waals surface area contributed by atoms with Crippen LogP contribution < -0.4 is 0 Å². The molecule has 3 aromatic rings. The van der Waals surface area contributed by atoms with Gasteiger partial charge in [0.1, 0.15) is 5.82 Å². The molecule has 2 heterocycles. The lowest BCUT2D eigenvalue weighted by atomic mass is 9.88. The summed E-state index contributed by atoms with van der Waals surface area (Å²) in [6, 6.07) is 10.1. The van der Waals surface area contributed by atoms with Crippen LogP contribution in [0.3, 0.4) is 0 Å². The zero-order chi connectivity index (χ0) is 20.3. The van der Waals surface area contributed by atoms with Crippen LogP contribution >= 0.6 is 0 Å². The Labute approximate surface area is 159 Å². The Bertz CT molecular complexity index is 984. The average Bonchev–Trinajstić information content (AvgIpc) is 2.66. The minimum Gasteiger partial charge on any atom is -0.294 e. The van der Waals surface area contributed by atoms with Crippen LogP contribution in [0.15, 0.2) is 60.9 Å². The van der Waals surface area contributed by atoms with Gasteiger partial charge in [-0.05, 0) is 48.9 Å². The fourth-order valence-corrected chi connectivity index (χ4v) is 2.95. The summed E-state index contributed by atoms with van der Waals surface area (Å²) in [6.45, 7) is 1.74. The van der Waals surface area contributed by atoms with Gasteiger partial charge >= 0.3 is 6.18 Å². The maximum Gasteiger partial charge on any atom is 0.416 e. The maximum atomic E-state index is 14.3. The number of alkyl halides is 3. The first-order valence-electron chi connectivity index (χ1n) is 8.49. The topological polar surface area (TPSA) is 42.9 Å². The third-order valence-electron chi connectivity index (χ3n) is 4.37. The van der Waals surface area contributed by atoms with Gasteiger partial charge in [0.15, 0.2) is 5.78 Å². The second kappa shape index (κ2) is 7.88. The number of Topliss-reactive ketones (excluding diaryl/α,β-unsaturated/α-hetero) is 1. The summed E-state index contributed by atoms with van der Waals surface area (Å²) < 4.78 is 52.9. The van der Waals surface area contributed by atoms with Crippen molar-refractivity contribution >= 4 is 5.78 Å². The van der Waals surface area contributed by atoms with Crippen molar-refractivity contribution in [1.82, 2.24) is 9.97 Å². The fourth-order valence-electron chi connectivity index (χ4n) is 2.95. The smallest absolute Gasteiger partial charge is 0.294 e. The second-order valence-electron chi connectivity index (χ2n) is 6.36. The van der Waals surface area contributed by atoms with Crippen molar-refractivity contribution in [3.63, 3.8) is 0 Å². The van der Waals surface area contributed by atoms with Gasteiger partial charge in [-0.15, -0.1) is 0 Å². The number of carbonyl (C=O) groups excluding carboxylic acids is 1. The quantitative estimate of drug-likeness (QED) is 0.437. The third-order valence-corrected chi connectivity index (χ3v) is 4.37. The Hall–Kier alpha value is -3.09. The lowest BCUT2D eigenvalue weighted by Crippen LogP contribution is -2.13. The van der Waals surface area contributed by atoms with Gasteiger partial charge in [-0.3, -0.25) is 14.8 Å². The van der Waals surface area contributed by atoms with E-state index in [1.54, 1.807) is 19.1 Å². The van der Waals surface area contributed by atoms with Crippen molar-refractivity contribution in [2.45, 2.75) is 25.4 Å². The summed E-state index contributed by atoms with van der Waals surface area (Å²) >= 11 is 0. The number of benzene rings is 1. The van der Waals surface area contributed by atoms with E-state index in [9.17, 15) is 22.4 Å². The first-order valence-corrected chi connectivity index (χ1v) is 8.49. The Kier molecular flexibility index (Phi) is 5.53. The fraction of sp³-hybridized carbons (Fsp3) is 0.190. The molecule has 0 N–H and O–H groups in total. The maximum absolute atomic E-state index is 14.3. The van der Waals surface area contributed by atoms with E-state index in [0.717, 1.165) is 12.1 Å². The highest BCUT2D eigenvalue weighted by molar-refractivity contribution is 5.96. The number of hydrogen-bond acceptors (Lipinski definition) is 3. The number of halogens is 4. The van der Waals surface area contributed by atoms with E-state index in [1.807, 2.05) is 0 Å². The van der Waals surface area contributed by atoms with Gasteiger partial charge in [0.05, 0.1) is 11.3 Å². The van der Waals surface area contributed by atoms with E-state index < -0.39 is 23.5 Å². The number of nitrogens with zero attached hydrogens (tertiary/aromatic N) is 2. The Morgan fingerprint density at radius 1 is 1.04 bits per heavy atom. The normalized spacial score (nSPS) is 12.6. The Morgan fingerprint density at radius 3 is 2.36 bits per heavy atom. The van der Waals surface area contributed by atoms with E-state index in [-0.39, 0.29) is 17.9 Å². The van der Waals surface area contributed by atoms with Crippen molar-refractivity contribution in [2.24, 2.45) is 0 Å². The minimum absolute atomic E-state index is 0.0152. The van der Waals surface area contributed by atoms with Gasteiger partial charge in [-0.25, -0.2) is 4.39 Å². The second-order valence-corrected chi connectivity index (χ2v) is 6.36. The zero-order valence-electron chi connectivity index (χ0n) is 14.9. The van der Waals surface area contributed by atoms with Crippen molar-refractivity contribution in [2.75, 3.05) is 0 Å². The van der Waals surface area contributed by atoms with Crippen molar-refractivity contribution < 1.29 is 22.4 Å². The van der Waals surface area contributed by atoms with Crippen molar-refractivity contribution in [3.8, 4) is 0 Å². The number of aryl methyl sites for hydroxylation is 1. The molecule has 28 heavy (non-hydrogen) atoms. The molecule has 0 aliphatic carbocycles. The molecule has 2 aromatic heterocycles. The molecule has 0 amide bonds. The van der Waals surface area contributed by atoms with E-state index >= 15 is 0 Å². The van der Waals surface area contributed by atoms with Crippen LogP contribution in [0.2, 0.25) is 0 Å². The Balaban J connectivity index is 1.99. The molecule has 3 nitrogen and oxygen atoms in total. The molecule has 0 saturated carbocycles. The van der Waals surface area contributed by atoms with Gasteiger partial charge in [0, 0.05) is 36.0 Å². The molecule has 144 valence electrons. The highest BCUT2D eigenvalue weighted by Crippen LogP contribution is 2.33. The first kappa shape index (κ1) is 19.7.